The van der Waals surface area contributed by atoms with E-state index in [9.17, 15) is 0 Å². The van der Waals surface area contributed by atoms with Gasteiger partial charge in [0, 0.05) is 25.3 Å². The van der Waals surface area contributed by atoms with E-state index in [1.54, 1.807) is 0 Å². The first kappa shape index (κ1) is 20.2. The summed E-state index contributed by atoms with van der Waals surface area (Å²) in [7, 11) is 0. The molecule has 2 N–H and O–H groups in total. The van der Waals surface area contributed by atoms with Gasteiger partial charge in [0.1, 0.15) is 12.4 Å². The van der Waals surface area contributed by atoms with Crippen LogP contribution in [-0.4, -0.2) is 44.2 Å². The molecule has 2 aliphatic rings. The standard InChI is InChI=1S/C25H35N3O/c1-20-8-7-9-23(28-16-3-2-4-17-28)24(20)25(26)21-10-12-22(13-11-21)29-19-18-27-14-5-6-15-27/h7-13,25H,2-6,14-19,26H2,1H3. The summed E-state index contributed by atoms with van der Waals surface area (Å²) in [6.07, 6.45) is 6.52. The van der Waals surface area contributed by atoms with Crippen LogP contribution in [0.25, 0.3) is 0 Å². The number of nitrogens with zero attached hydrogens (tertiary/aromatic N) is 2. The lowest BCUT2D eigenvalue weighted by molar-refractivity contribution is 0.238. The number of anilines is 1. The Labute approximate surface area is 175 Å². The van der Waals surface area contributed by atoms with Crippen molar-refractivity contribution in [3.8, 4) is 5.75 Å². The van der Waals surface area contributed by atoms with Gasteiger partial charge >= 0.3 is 0 Å². The van der Waals surface area contributed by atoms with Crippen molar-refractivity contribution in [2.75, 3.05) is 44.2 Å². The summed E-state index contributed by atoms with van der Waals surface area (Å²) in [6.45, 7) is 8.64. The number of rotatable bonds is 7. The van der Waals surface area contributed by atoms with E-state index in [2.05, 4.69) is 59.2 Å². The Balaban J connectivity index is 1.44. The molecule has 0 saturated carbocycles. The predicted molar refractivity (Wildman–Crippen MR) is 121 cm³/mol. The van der Waals surface area contributed by atoms with Crippen LogP contribution in [0.3, 0.4) is 0 Å². The maximum Gasteiger partial charge on any atom is 0.119 e. The molecule has 4 rings (SSSR count). The van der Waals surface area contributed by atoms with E-state index in [0.717, 1.165) is 37.6 Å². The number of piperidine rings is 1. The lowest BCUT2D eigenvalue weighted by Gasteiger charge is -2.32. The Bertz CT molecular complexity index is 777. The van der Waals surface area contributed by atoms with Crippen molar-refractivity contribution in [2.24, 2.45) is 5.73 Å². The van der Waals surface area contributed by atoms with Gasteiger partial charge in [-0.1, -0.05) is 24.3 Å². The average Bonchev–Trinajstić information content (AvgIpc) is 3.28. The molecule has 0 bridgehead atoms. The molecular formula is C25H35N3O. The van der Waals surface area contributed by atoms with E-state index in [-0.39, 0.29) is 6.04 Å². The van der Waals surface area contributed by atoms with Gasteiger partial charge in [-0.25, -0.2) is 0 Å². The fraction of sp³-hybridized carbons (Fsp3) is 0.520. The summed E-state index contributed by atoms with van der Waals surface area (Å²) >= 11 is 0. The van der Waals surface area contributed by atoms with Gasteiger partial charge in [0.25, 0.3) is 0 Å². The van der Waals surface area contributed by atoms with Crippen LogP contribution in [0.1, 0.15) is 54.8 Å². The monoisotopic (exact) mass is 393 g/mol. The van der Waals surface area contributed by atoms with Gasteiger partial charge in [-0.2, -0.15) is 0 Å². The molecule has 2 aliphatic heterocycles. The Morgan fingerprint density at radius 2 is 1.59 bits per heavy atom. The number of nitrogens with two attached hydrogens (primary N) is 1. The Kier molecular flexibility index (Phi) is 6.73. The second-order valence-corrected chi connectivity index (χ2v) is 8.50. The van der Waals surface area contributed by atoms with Gasteiger partial charge < -0.3 is 15.4 Å². The topological polar surface area (TPSA) is 41.7 Å². The molecule has 156 valence electrons. The Hall–Kier alpha value is -2.04. The van der Waals surface area contributed by atoms with E-state index in [0.29, 0.717) is 0 Å². The van der Waals surface area contributed by atoms with Crippen molar-refractivity contribution >= 4 is 5.69 Å². The molecule has 0 aliphatic carbocycles. The van der Waals surface area contributed by atoms with Crippen LogP contribution in [0.2, 0.25) is 0 Å². The van der Waals surface area contributed by atoms with E-state index in [1.807, 2.05) is 0 Å². The van der Waals surface area contributed by atoms with Crippen LogP contribution >= 0.6 is 0 Å². The number of ether oxygens (including phenoxy) is 1. The largest absolute Gasteiger partial charge is 0.492 e. The van der Waals surface area contributed by atoms with Crippen LogP contribution in [0.5, 0.6) is 5.75 Å². The Morgan fingerprint density at radius 1 is 0.897 bits per heavy atom. The highest BCUT2D eigenvalue weighted by atomic mass is 16.5. The van der Waals surface area contributed by atoms with Crippen LogP contribution in [0.15, 0.2) is 42.5 Å². The first-order valence-corrected chi connectivity index (χ1v) is 11.3. The number of likely N-dealkylation sites (tertiary alicyclic amines) is 1. The number of hydrogen-bond acceptors (Lipinski definition) is 4. The first-order chi connectivity index (χ1) is 14.2. The van der Waals surface area contributed by atoms with E-state index in [1.165, 1.54) is 62.0 Å². The van der Waals surface area contributed by atoms with Gasteiger partial charge in [-0.3, -0.25) is 4.90 Å². The van der Waals surface area contributed by atoms with Crippen molar-refractivity contribution in [2.45, 2.75) is 45.1 Å². The quantitative estimate of drug-likeness (QED) is 0.752. The third-order valence-electron chi connectivity index (χ3n) is 6.42. The number of benzene rings is 2. The summed E-state index contributed by atoms with van der Waals surface area (Å²) in [6, 6.07) is 14.8. The normalized spacial score (nSPS) is 18.8. The predicted octanol–water partition coefficient (Wildman–Crippen LogP) is 4.51. The van der Waals surface area contributed by atoms with Crippen molar-refractivity contribution in [1.82, 2.24) is 4.90 Å². The third-order valence-corrected chi connectivity index (χ3v) is 6.42. The summed E-state index contributed by atoms with van der Waals surface area (Å²) in [5.41, 5.74) is 11.8. The molecular weight excluding hydrogens is 358 g/mol. The maximum absolute atomic E-state index is 6.78. The van der Waals surface area contributed by atoms with Crippen molar-refractivity contribution < 1.29 is 4.74 Å². The van der Waals surface area contributed by atoms with Crippen LogP contribution in [0, 0.1) is 6.92 Å². The minimum atomic E-state index is -0.119. The zero-order valence-corrected chi connectivity index (χ0v) is 17.8. The molecule has 0 aromatic heterocycles. The summed E-state index contributed by atoms with van der Waals surface area (Å²) in [4.78, 5) is 4.99. The van der Waals surface area contributed by atoms with Gasteiger partial charge in [-0.15, -0.1) is 0 Å². The SMILES string of the molecule is Cc1cccc(N2CCCCC2)c1C(N)c1ccc(OCCN2CCCC2)cc1. The first-order valence-electron chi connectivity index (χ1n) is 11.3. The number of hydrogen-bond donors (Lipinski definition) is 1. The molecule has 1 atom stereocenters. The molecule has 4 heteroatoms. The van der Waals surface area contributed by atoms with E-state index >= 15 is 0 Å². The van der Waals surface area contributed by atoms with E-state index in [4.69, 9.17) is 10.5 Å². The summed E-state index contributed by atoms with van der Waals surface area (Å²) < 4.78 is 5.96. The minimum absolute atomic E-state index is 0.119. The molecule has 29 heavy (non-hydrogen) atoms. The Morgan fingerprint density at radius 3 is 2.31 bits per heavy atom. The lowest BCUT2D eigenvalue weighted by atomic mass is 9.93. The fourth-order valence-corrected chi connectivity index (χ4v) is 4.72. The van der Waals surface area contributed by atoms with Crippen molar-refractivity contribution in [3.05, 3.63) is 59.2 Å². The second kappa shape index (κ2) is 9.64. The van der Waals surface area contributed by atoms with Crippen LogP contribution < -0.4 is 15.4 Å². The molecule has 2 aromatic rings. The maximum atomic E-state index is 6.78. The zero-order valence-electron chi connectivity index (χ0n) is 17.8. The second-order valence-electron chi connectivity index (χ2n) is 8.50. The highest BCUT2D eigenvalue weighted by Crippen LogP contribution is 2.34. The third kappa shape index (κ3) is 4.93. The van der Waals surface area contributed by atoms with Gasteiger partial charge in [0.15, 0.2) is 0 Å². The van der Waals surface area contributed by atoms with Gasteiger partial charge in [0.2, 0.25) is 0 Å². The fourth-order valence-electron chi connectivity index (χ4n) is 4.72. The zero-order chi connectivity index (χ0) is 20.1. The van der Waals surface area contributed by atoms with Gasteiger partial charge in [-0.05, 0) is 87.0 Å². The van der Waals surface area contributed by atoms with Crippen molar-refractivity contribution in [3.63, 3.8) is 0 Å². The molecule has 0 amide bonds. The van der Waals surface area contributed by atoms with Gasteiger partial charge in [0.05, 0.1) is 6.04 Å². The van der Waals surface area contributed by atoms with Crippen molar-refractivity contribution in [1.29, 1.82) is 0 Å². The smallest absolute Gasteiger partial charge is 0.119 e. The average molecular weight is 394 g/mol. The lowest BCUT2D eigenvalue weighted by Crippen LogP contribution is -2.31. The number of aryl methyl sites for hydroxylation is 1. The molecule has 0 radical (unpaired) electrons. The van der Waals surface area contributed by atoms with Crippen LogP contribution in [0.4, 0.5) is 5.69 Å². The van der Waals surface area contributed by atoms with Crippen LogP contribution in [-0.2, 0) is 0 Å². The molecule has 0 spiro atoms. The molecule has 1 unspecified atom stereocenters. The molecule has 4 nitrogen and oxygen atoms in total. The summed E-state index contributed by atoms with van der Waals surface area (Å²) in [5.74, 6) is 0.932. The molecule has 2 aromatic carbocycles. The highest BCUT2D eigenvalue weighted by molar-refractivity contribution is 5.60. The van der Waals surface area contributed by atoms with E-state index < -0.39 is 0 Å². The molecule has 2 fully saturated rings. The molecule has 2 saturated heterocycles. The minimum Gasteiger partial charge on any atom is -0.492 e. The summed E-state index contributed by atoms with van der Waals surface area (Å²) in [5, 5.41) is 0. The highest BCUT2D eigenvalue weighted by Gasteiger charge is 2.21. The molecule has 2 heterocycles.